The maximum absolute atomic E-state index is 13.1. The van der Waals surface area contributed by atoms with Gasteiger partial charge in [-0.25, -0.2) is 0 Å². The molecule has 5 nitrogen and oxygen atoms in total. The van der Waals surface area contributed by atoms with Gasteiger partial charge in [0.25, 0.3) is 0 Å². The summed E-state index contributed by atoms with van der Waals surface area (Å²) in [5.74, 6) is -0.264. The first-order valence-corrected chi connectivity index (χ1v) is 8.77. The third-order valence-electron chi connectivity index (χ3n) is 4.86. The molecule has 0 spiro atoms. The van der Waals surface area contributed by atoms with E-state index in [-0.39, 0.29) is 18.4 Å². The number of likely N-dealkylation sites (N-methyl/N-ethyl adjacent to an activating group) is 1. The summed E-state index contributed by atoms with van der Waals surface area (Å²) < 4.78 is 0. The summed E-state index contributed by atoms with van der Waals surface area (Å²) in [4.78, 5) is 29.2. The molecule has 0 bridgehead atoms. The maximum atomic E-state index is 13.1. The molecule has 2 amide bonds. The molecule has 0 aliphatic carbocycles. The van der Waals surface area contributed by atoms with E-state index < -0.39 is 5.54 Å². The van der Waals surface area contributed by atoms with E-state index in [9.17, 15) is 9.59 Å². The number of nitrogens with zero attached hydrogens (tertiary/aromatic N) is 2. The number of benzene rings is 2. The van der Waals surface area contributed by atoms with Gasteiger partial charge in [0.2, 0.25) is 11.8 Å². The lowest BCUT2D eigenvalue weighted by molar-refractivity contribution is -0.127. The molecule has 0 atom stereocenters. The monoisotopic (exact) mass is 351 g/mol. The van der Waals surface area contributed by atoms with Crippen LogP contribution in [-0.4, -0.2) is 35.8 Å². The molecule has 2 aromatic carbocycles. The average molecular weight is 351 g/mol. The predicted molar refractivity (Wildman–Crippen MR) is 104 cm³/mol. The number of carbonyl (C=O) groups is 2. The van der Waals surface area contributed by atoms with Crippen LogP contribution in [0.25, 0.3) is 0 Å². The lowest BCUT2D eigenvalue weighted by Crippen LogP contribution is -2.60. The molecular weight excluding hydrogens is 326 g/mol. The van der Waals surface area contributed by atoms with Crippen LogP contribution >= 0.6 is 0 Å². The number of carbonyl (C=O) groups excluding carboxylic acids is 2. The Morgan fingerprint density at radius 2 is 1.77 bits per heavy atom. The molecule has 1 heterocycles. The summed E-state index contributed by atoms with van der Waals surface area (Å²) in [6.07, 6.45) is 0. The Kier molecular flexibility index (Phi) is 4.83. The number of nitrogens with one attached hydrogen (secondary N) is 1. The zero-order chi connectivity index (χ0) is 18.9. The maximum Gasteiger partial charge on any atom is 0.250 e. The summed E-state index contributed by atoms with van der Waals surface area (Å²) in [7, 11) is 1.92. The fourth-order valence-corrected chi connectivity index (χ4v) is 3.33. The second kappa shape index (κ2) is 6.92. The quantitative estimate of drug-likeness (QED) is 0.920. The highest BCUT2D eigenvalue weighted by molar-refractivity contribution is 6.14. The van der Waals surface area contributed by atoms with Crippen molar-refractivity contribution in [2.24, 2.45) is 0 Å². The standard InChI is InChI=1S/C21H25N3O2/c1-15-9-5-6-10-16(15)13-23(4)14-19(25)24-18-12-8-7-11-17(18)22-20(26)21(24,2)3/h5-12H,13-14H2,1-4H3,(H,22,26). The minimum atomic E-state index is -0.936. The second-order valence-corrected chi connectivity index (χ2v) is 7.36. The van der Waals surface area contributed by atoms with Crippen LogP contribution in [0.3, 0.4) is 0 Å². The second-order valence-electron chi connectivity index (χ2n) is 7.36. The molecule has 0 saturated carbocycles. The number of amides is 2. The van der Waals surface area contributed by atoms with Crippen molar-refractivity contribution in [3.8, 4) is 0 Å². The van der Waals surface area contributed by atoms with Crippen LogP contribution in [0, 0.1) is 6.92 Å². The summed E-state index contributed by atoms with van der Waals surface area (Å²) in [5.41, 5.74) is 2.88. The Bertz CT molecular complexity index is 845. The predicted octanol–water partition coefficient (Wildman–Crippen LogP) is 3.19. The Balaban J connectivity index is 1.82. The van der Waals surface area contributed by atoms with Crippen LogP contribution in [0.15, 0.2) is 48.5 Å². The van der Waals surface area contributed by atoms with E-state index >= 15 is 0 Å². The number of para-hydroxylation sites is 2. The molecule has 1 N–H and O–H groups in total. The fourth-order valence-electron chi connectivity index (χ4n) is 3.33. The Labute approximate surface area is 154 Å². The summed E-state index contributed by atoms with van der Waals surface area (Å²) in [6, 6.07) is 15.6. The third kappa shape index (κ3) is 3.35. The first kappa shape index (κ1) is 18.1. The van der Waals surface area contributed by atoms with E-state index in [0.29, 0.717) is 12.2 Å². The van der Waals surface area contributed by atoms with Crippen molar-refractivity contribution in [3.05, 3.63) is 59.7 Å². The van der Waals surface area contributed by atoms with Crippen molar-refractivity contribution in [2.75, 3.05) is 23.8 Å². The normalized spacial score (nSPS) is 15.6. The smallest absolute Gasteiger partial charge is 0.250 e. The van der Waals surface area contributed by atoms with Gasteiger partial charge in [-0.2, -0.15) is 0 Å². The molecule has 0 aromatic heterocycles. The fraction of sp³-hybridized carbons (Fsp3) is 0.333. The van der Waals surface area contributed by atoms with Gasteiger partial charge < -0.3 is 5.32 Å². The highest BCUT2D eigenvalue weighted by Crippen LogP contribution is 2.36. The molecule has 26 heavy (non-hydrogen) atoms. The zero-order valence-corrected chi connectivity index (χ0v) is 15.7. The Hall–Kier alpha value is -2.66. The molecule has 3 rings (SSSR count). The van der Waals surface area contributed by atoms with E-state index in [4.69, 9.17) is 0 Å². The van der Waals surface area contributed by atoms with Gasteiger partial charge in [0.1, 0.15) is 5.54 Å². The van der Waals surface area contributed by atoms with Gasteiger partial charge in [-0.05, 0) is 51.1 Å². The lowest BCUT2D eigenvalue weighted by Gasteiger charge is -2.42. The van der Waals surface area contributed by atoms with E-state index in [0.717, 1.165) is 5.69 Å². The minimum absolute atomic E-state index is 0.0895. The number of fused-ring (bicyclic) bond motifs is 1. The van der Waals surface area contributed by atoms with Crippen molar-refractivity contribution >= 4 is 23.2 Å². The van der Waals surface area contributed by atoms with Crippen LogP contribution in [0.1, 0.15) is 25.0 Å². The highest BCUT2D eigenvalue weighted by Gasteiger charge is 2.43. The van der Waals surface area contributed by atoms with Gasteiger partial charge in [0.15, 0.2) is 0 Å². The molecule has 136 valence electrons. The minimum Gasteiger partial charge on any atom is -0.322 e. The van der Waals surface area contributed by atoms with Gasteiger partial charge in [-0.3, -0.25) is 19.4 Å². The SMILES string of the molecule is Cc1ccccc1CN(C)CC(=O)N1c2ccccc2NC(=O)C1(C)C. The largest absolute Gasteiger partial charge is 0.322 e. The number of hydrogen-bond acceptors (Lipinski definition) is 3. The van der Waals surface area contributed by atoms with Crippen molar-refractivity contribution in [3.63, 3.8) is 0 Å². The van der Waals surface area contributed by atoms with E-state index in [1.165, 1.54) is 11.1 Å². The molecule has 1 aliphatic rings. The van der Waals surface area contributed by atoms with Crippen LogP contribution in [-0.2, 0) is 16.1 Å². The van der Waals surface area contributed by atoms with Crippen LogP contribution in [0.5, 0.6) is 0 Å². The number of hydrogen-bond donors (Lipinski definition) is 1. The Morgan fingerprint density at radius 3 is 2.50 bits per heavy atom. The molecular formula is C21H25N3O2. The van der Waals surface area contributed by atoms with Crippen molar-refractivity contribution < 1.29 is 9.59 Å². The van der Waals surface area contributed by atoms with Gasteiger partial charge in [-0.1, -0.05) is 36.4 Å². The summed E-state index contributed by atoms with van der Waals surface area (Å²) >= 11 is 0. The zero-order valence-electron chi connectivity index (χ0n) is 15.7. The number of aryl methyl sites for hydroxylation is 1. The van der Waals surface area contributed by atoms with E-state index in [1.807, 2.05) is 48.3 Å². The highest BCUT2D eigenvalue weighted by atomic mass is 16.2. The lowest BCUT2D eigenvalue weighted by atomic mass is 9.96. The van der Waals surface area contributed by atoms with Gasteiger partial charge >= 0.3 is 0 Å². The molecule has 5 heteroatoms. The van der Waals surface area contributed by atoms with Crippen molar-refractivity contribution in [1.29, 1.82) is 0 Å². The molecule has 2 aromatic rings. The number of anilines is 2. The molecule has 1 aliphatic heterocycles. The average Bonchev–Trinajstić information content (AvgIpc) is 2.57. The summed E-state index contributed by atoms with van der Waals surface area (Å²) in [5, 5.41) is 2.89. The van der Waals surface area contributed by atoms with Gasteiger partial charge in [0, 0.05) is 6.54 Å². The third-order valence-corrected chi connectivity index (χ3v) is 4.86. The van der Waals surface area contributed by atoms with Gasteiger partial charge in [-0.15, -0.1) is 0 Å². The van der Waals surface area contributed by atoms with Crippen LogP contribution in [0.4, 0.5) is 11.4 Å². The molecule has 0 fully saturated rings. The Morgan fingerprint density at radius 1 is 1.12 bits per heavy atom. The molecule has 0 saturated heterocycles. The van der Waals surface area contributed by atoms with Gasteiger partial charge in [0.05, 0.1) is 17.9 Å². The van der Waals surface area contributed by atoms with Crippen LogP contribution in [0.2, 0.25) is 0 Å². The van der Waals surface area contributed by atoms with Crippen LogP contribution < -0.4 is 10.2 Å². The number of rotatable bonds is 4. The topological polar surface area (TPSA) is 52.7 Å². The first-order valence-electron chi connectivity index (χ1n) is 8.77. The van der Waals surface area contributed by atoms with Crippen molar-refractivity contribution in [2.45, 2.75) is 32.9 Å². The van der Waals surface area contributed by atoms with E-state index in [2.05, 4.69) is 24.4 Å². The van der Waals surface area contributed by atoms with Crippen molar-refractivity contribution in [1.82, 2.24) is 4.90 Å². The van der Waals surface area contributed by atoms with E-state index in [1.54, 1.807) is 18.7 Å². The first-order chi connectivity index (χ1) is 12.3. The summed E-state index contributed by atoms with van der Waals surface area (Å²) in [6.45, 7) is 6.54. The molecule has 0 radical (unpaired) electrons. The molecule has 0 unspecified atom stereocenters.